The highest BCUT2D eigenvalue weighted by atomic mass is 16.2. The molecule has 2 rings (SSSR count). The van der Waals surface area contributed by atoms with E-state index in [1.807, 2.05) is 18.2 Å². The highest BCUT2D eigenvalue weighted by molar-refractivity contribution is 5.97. The number of piperazine rings is 1. The zero-order valence-electron chi connectivity index (χ0n) is 12.2. The molecule has 4 nitrogen and oxygen atoms in total. The summed E-state index contributed by atoms with van der Waals surface area (Å²) in [7, 11) is 0. The number of unbranched alkanes of at least 4 members (excludes halogenated alkanes) is 1. The van der Waals surface area contributed by atoms with E-state index >= 15 is 0 Å². The first-order valence-corrected chi connectivity index (χ1v) is 7.14. The van der Waals surface area contributed by atoms with E-state index in [1.165, 1.54) is 5.56 Å². The number of hydrogen-bond donors (Lipinski definition) is 1. The Morgan fingerprint density at radius 3 is 2.55 bits per heavy atom. The Balaban J connectivity index is 1.83. The summed E-state index contributed by atoms with van der Waals surface area (Å²) < 4.78 is 0. The van der Waals surface area contributed by atoms with Crippen molar-refractivity contribution in [2.75, 3.05) is 13.1 Å². The summed E-state index contributed by atoms with van der Waals surface area (Å²) in [5.41, 5.74) is 0.580. The van der Waals surface area contributed by atoms with Gasteiger partial charge in [0.15, 0.2) is 0 Å². The van der Waals surface area contributed by atoms with Gasteiger partial charge in [0.2, 0.25) is 11.8 Å². The molecule has 1 fully saturated rings. The minimum absolute atomic E-state index is 0.00862. The number of aryl methyl sites for hydroxylation is 1. The van der Waals surface area contributed by atoms with Gasteiger partial charge in [0.05, 0.1) is 6.54 Å². The van der Waals surface area contributed by atoms with Crippen LogP contribution in [0.25, 0.3) is 0 Å². The zero-order valence-corrected chi connectivity index (χ0v) is 12.2. The second-order valence-corrected chi connectivity index (χ2v) is 5.73. The molecule has 0 spiro atoms. The van der Waals surface area contributed by atoms with E-state index in [2.05, 4.69) is 17.4 Å². The molecule has 1 aliphatic heterocycles. The van der Waals surface area contributed by atoms with Gasteiger partial charge in [0, 0.05) is 6.54 Å². The van der Waals surface area contributed by atoms with Crippen molar-refractivity contribution in [2.24, 2.45) is 0 Å². The molecule has 1 aromatic rings. The minimum atomic E-state index is -0.734. The molecule has 4 heteroatoms. The fourth-order valence-corrected chi connectivity index (χ4v) is 2.55. The van der Waals surface area contributed by atoms with Crippen molar-refractivity contribution in [3.63, 3.8) is 0 Å². The van der Waals surface area contributed by atoms with Crippen LogP contribution in [0.15, 0.2) is 30.3 Å². The zero-order chi connectivity index (χ0) is 14.6. The summed E-state index contributed by atoms with van der Waals surface area (Å²) >= 11 is 0. The van der Waals surface area contributed by atoms with Gasteiger partial charge in [-0.25, -0.2) is 0 Å². The molecule has 1 aliphatic rings. The summed E-state index contributed by atoms with van der Waals surface area (Å²) in [6.45, 7) is 4.38. The maximum Gasteiger partial charge on any atom is 0.245 e. The summed E-state index contributed by atoms with van der Waals surface area (Å²) in [6.07, 6.45) is 2.94. The van der Waals surface area contributed by atoms with Crippen LogP contribution in [-0.2, 0) is 16.0 Å². The molecule has 1 saturated heterocycles. The molecule has 0 atom stereocenters. The van der Waals surface area contributed by atoms with Gasteiger partial charge >= 0.3 is 0 Å². The topological polar surface area (TPSA) is 49.4 Å². The van der Waals surface area contributed by atoms with E-state index in [9.17, 15) is 9.59 Å². The number of nitrogens with zero attached hydrogens (tertiary/aromatic N) is 1. The van der Waals surface area contributed by atoms with Gasteiger partial charge in [-0.3, -0.25) is 9.59 Å². The van der Waals surface area contributed by atoms with E-state index in [0.717, 1.165) is 19.3 Å². The summed E-state index contributed by atoms with van der Waals surface area (Å²) in [6, 6.07) is 10.3. The SMILES string of the molecule is CC1(C)C(=O)NCC(=O)N1CCCCc1ccccc1. The molecule has 108 valence electrons. The van der Waals surface area contributed by atoms with Crippen molar-refractivity contribution in [1.82, 2.24) is 10.2 Å². The first-order chi connectivity index (χ1) is 9.51. The van der Waals surface area contributed by atoms with E-state index in [-0.39, 0.29) is 18.4 Å². The fraction of sp³-hybridized carbons (Fsp3) is 0.500. The lowest BCUT2D eigenvalue weighted by atomic mass is 9.97. The predicted molar refractivity (Wildman–Crippen MR) is 78.2 cm³/mol. The Bertz CT molecular complexity index is 483. The largest absolute Gasteiger partial charge is 0.345 e. The normalized spacial score (nSPS) is 18.0. The molecular formula is C16H22N2O2. The summed E-state index contributed by atoms with van der Waals surface area (Å²) in [5, 5.41) is 2.64. The highest BCUT2D eigenvalue weighted by Gasteiger charge is 2.40. The number of benzene rings is 1. The highest BCUT2D eigenvalue weighted by Crippen LogP contribution is 2.19. The van der Waals surface area contributed by atoms with Crippen molar-refractivity contribution >= 4 is 11.8 Å². The van der Waals surface area contributed by atoms with Crippen LogP contribution < -0.4 is 5.32 Å². The van der Waals surface area contributed by atoms with Crippen LogP contribution in [-0.4, -0.2) is 35.3 Å². The molecule has 0 aliphatic carbocycles. The fourth-order valence-electron chi connectivity index (χ4n) is 2.55. The average molecular weight is 274 g/mol. The monoisotopic (exact) mass is 274 g/mol. The number of nitrogens with one attached hydrogen (secondary N) is 1. The third-order valence-corrected chi connectivity index (χ3v) is 3.87. The van der Waals surface area contributed by atoms with Crippen LogP contribution in [0.5, 0.6) is 0 Å². The smallest absolute Gasteiger partial charge is 0.245 e. The second kappa shape index (κ2) is 6.07. The number of carbonyl (C=O) groups excluding carboxylic acids is 2. The quantitative estimate of drug-likeness (QED) is 0.832. The van der Waals surface area contributed by atoms with E-state index in [1.54, 1.807) is 18.7 Å². The Kier molecular flexibility index (Phi) is 4.42. The summed E-state index contributed by atoms with van der Waals surface area (Å²) in [5.74, 6) is -0.0607. The second-order valence-electron chi connectivity index (χ2n) is 5.73. The lowest BCUT2D eigenvalue weighted by Gasteiger charge is -2.41. The Labute approximate surface area is 120 Å². The van der Waals surface area contributed by atoms with Crippen molar-refractivity contribution in [3.8, 4) is 0 Å². The van der Waals surface area contributed by atoms with Crippen molar-refractivity contribution in [2.45, 2.75) is 38.6 Å². The van der Waals surface area contributed by atoms with E-state index < -0.39 is 5.54 Å². The summed E-state index contributed by atoms with van der Waals surface area (Å²) in [4.78, 5) is 25.5. The Morgan fingerprint density at radius 1 is 1.15 bits per heavy atom. The first kappa shape index (κ1) is 14.6. The molecule has 20 heavy (non-hydrogen) atoms. The molecular weight excluding hydrogens is 252 g/mol. The molecule has 2 amide bonds. The Hall–Kier alpha value is -1.84. The molecule has 1 heterocycles. The molecule has 0 bridgehead atoms. The predicted octanol–water partition coefficient (Wildman–Crippen LogP) is 1.75. The van der Waals surface area contributed by atoms with Gasteiger partial charge in [-0.05, 0) is 38.7 Å². The van der Waals surface area contributed by atoms with Crippen LogP contribution >= 0.6 is 0 Å². The Morgan fingerprint density at radius 2 is 1.85 bits per heavy atom. The molecule has 0 saturated carbocycles. The molecule has 0 aromatic heterocycles. The molecule has 1 N–H and O–H groups in total. The van der Waals surface area contributed by atoms with Gasteiger partial charge in [-0.1, -0.05) is 30.3 Å². The average Bonchev–Trinajstić information content (AvgIpc) is 2.43. The molecule has 0 unspecified atom stereocenters. The van der Waals surface area contributed by atoms with Gasteiger partial charge in [-0.15, -0.1) is 0 Å². The number of rotatable bonds is 5. The van der Waals surface area contributed by atoms with E-state index in [0.29, 0.717) is 6.54 Å². The van der Waals surface area contributed by atoms with Crippen molar-refractivity contribution in [1.29, 1.82) is 0 Å². The first-order valence-electron chi connectivity index (χ1n) is 7.14. The van der Waals surface area contributed by atoms with Gasteiger partial charge in [-0.2, -0.15) is 0 Å². The van der Waals surface area contributed by atoms with Gasteiger partial charge in [0.25, 0.3) is 0 Å². The van der Waals surface area contributed by atoms with Crippen LogP contribution in [0.3, 0.4) is 0 Å². The maximum atomic E-state index is 11.9. The van der Waals surface area contributed by atoms with Gasteiger partial charge < -0.3 is 10.2 Å². The lowest BCUT2D eigenvalue weighted by molar-refractivity contribution is -0.151. The molecule has 1 aromatic carbocycles. The van der Waals surface area contributed by atoms with Crippen molar-refractivity contribution in [3.05, 3.63) is 35.9 Å². The number of hydrogen-bond acceptors (Lipinski definition) is 2. The molecule has 0 radical (unpaired) electrons. The maximum absolute atomic E-state index is 11.9. The third-order valence-electron chi connectivity index (χ3n) is 3.87. The van der Waals surface area contributed by atoms with Crippen LogP contribution in [0.2, 0.25) is 0 Å². The minimum Gasteiger partial charge on any atom is -0.345 e. The lowest BCUT2D eigenvalue weighted by Crippen LogP contribution is -2.64. The third kappa shape index (κ3) is 3.18. The van der Waals surface area contributed by atoms with Crippen LogP contribution in [0.1, 0.15) is 32.3 Å². The van der Waals surface area contributed by atoms with E-state index in [4.69, 9.17) is 0 Å². The van der Waals surface area contributed by atoms with Crippen LogP contribution in [0.4, 0.5) is 0 Å². The van der Waals surface area contributed by atoms with Gasteiger partial charge in [0.1, 0.15) is 5.54 Å². The number of amides is 2. The van der Waals surface area contributed by atoms with Crippen LogP contribution in [0, 0.1) is 0 Å². The standard InChI is InChI=1S/C16H22N2O2/c1-16(2)15(20)17-12-14(19)18(16)11-7-6-10-13-8-4-3-5-9-13/h3-5,8-9H,6-7,10-12H2,1-2H3,(H,17,20). The number of carbonyl (C=O) groups is 2. The van der Waals surface area contributed by atoms with Crippen molar-refractivity contribution < 1.29 is 9.59 Å².